The molecule has 3 N–H and O–H groups in total. The summed E-state index contributed by atoms with van der Waals surface area (Å²) in [4.78, 5) is 11.8. The minimum Gasteiger partial charge on any atom is -0.479 e. The Morgan fingerprint density at radius 1 is 1.56 bits per heavy atom. The molecule has 1 heterocycles. The third kappa shape index (κ3) is 3.17. The van der Waals surface area contributed by atoms with Gasteiger partial charge in [-0.25, -0.2) is 4.79 Å². The first-order valence-electron chi connectivity index (χ1n) is 5.93. The second kappa shape index (κ2) is 5.63. The van der Waals surface area contributed by atoms with Gasteiger partial charge in [0.05, 0.1) is 6.10 Å². The molecule has 0 spiro atoms. The molecule has 0 radical (unpaired) electrons. The van der Waals surface area contributed by atoms with Gasteiger partial charge in [0.1, 0.15) is 0 Å². The molecule has 2 rings (SSSR count). The maximum absolute atomic E-state index is 10.8. The topological polar surface area (TPSA) is 72.6 Å². The first kappa shape index (κ1) is 13.2. The zero-order chi connectivity index (χ0) is 13.1. The van der Waals surface area contributed by atoms with Crippen LogP contribution in [0.15, 0.2) is 23.1 Å². The van der Waals surface area contributed by atoms with Gasteiger partial charge in [0.2, 0.25) is 0 Å². The van der Waals surface area contributed by atoms with E-state index < -0.39 is 12.1 Å². The molecular weight excluding hydrogens is 250 g/mol. The Hall–Kier alpha value is -1.20. The molecule has 98 valence electrons. The number of carbonyl (C=O) groups is 1. The Bertz CT molecular complexity index is 450. The molecule has 1 aromatic rings. The van der Waals surface area contributed by atoms with Crippen molar-refractivity contribution in [3.63, 3.8) is 0 Å². The number of hydrogen-bond donors (Lipinski definition) is 2. The van der Waals surface area contributed by atoms with Crippen LogP contribution in [-0.2, 0) is 9.53 Å². The van der Waals surface area contributed by atoms with Crippen LogP contribution in [0.1, 0.15) is 18.4 Å². The fraction of sp³-hybridized carbons (Fsp3) is 0.462. The molecule has 2 unspecified atom stereocenters. The lowest BCUT2D eigenvalue weighted by Crippen LogP contribution is -2.21. The van der Waals surface area contributed by atoms with Gasteiger partial charge in [-0.3, -0.25) is 0 Å². The fourth-order valence-corrected chi connectivity index (χ4v) is 3.07. The zero-order valence-electron chi connectivity index (χ0n) is 10.3. The minimum atomic E-state index is -0.863. The SMILES string of the molecule is Cc1ccc(N)c(SCC2CCC(C(=O)O)O2)c1. The summed E-state index contributed by atoms with van der Waals surface area (Å²) >= 11 is 1.63. The Kier molecular flexibility index (Phi) is 4.14. The van der Waals surface area contributed by atoms with Crippen molar-refractivity contribution in [2.45, 2.75) is 36.9 Å². The van der Waals surface area contributed by atoms with Crippen LogP contribution in [0.4, 0.5) is 5.69 Å². The summed E-state index contributed by atoms with van der Waals surface area (Å²) in [6.45, 7) is 2.02. The summed E-state index contributed by atoms with van der Waals surface area (Å²) in [5.41, 5.74) is 7.83. The molecule has 1 fully saturated rings. The number of carboxylic acid groups (broad SMARTS) is 1. The predicted octanol–water partition coefficient (Wildman–Crippen LogP) is 2.30. The molecule has 1 aliphatic rings. The molecule has 1 aliphatic heterocycles. The van der Waals surface area contributed by atoms with E-state index in [4.69, 9.17) is 15.6 Å². The van der Waals surface area contributed by atoms with Crippen molar-refractivity contribution in [2.75, 3.05) is 11.5 Å². The largest absolute Gasteiger partial charge is 0.479 e. The van der Waals surface area contributed by atoms with Gasteiger partial charge in [-0.05, 0) is 37.5 Å². The number of nitrogen functional groups attached to an aromatic ring is 1. The summed E-state index contributed by atoms with van der Waals surface area (Å²) in [5, 5.41) is 8.84. The number of anilines is 1. The van der Waals surface area contributed by atoms with Crippen molar-refractivity contribution in [1.29, 1.82) is 0 Å². The van der Waals surface area contributed by atoms with Crippen LogP contribution in [0.25, 0.3) is 0 Å². The Morgan fingerprint density at radius 2 is 2.33 bits per heavy atom. The average Bonchev–Trinajstić information content (AvgIpc) is 2.79. The second-order valence-corrected chi connectivity index (χ2v) is 5.58. The van der Waals surface area contributed by atoms with Crippen LogP contribution in [-0.4, -0.2) is 29.0 Å². The van der Waals surface area contributed by atoms with Crippen molar-refractivity contribution in [3.05, 3.63) is 23.8 Å². The molecule has 4 nitrogen and oxygen atoms in total. The van der Waals surface area contributed by atoms with Crippen molar-refractivity contribution < 1.29 is 14.6 Å². The minimum absolute atomic E-state index is 0.0102. The maximum Gasteiger partial charge on any atom is 0.332 e. The quantitative estimate of drug-likeness (QED) is 0.647. The van der Waals surface area contributed by atoms with Gasteiger partial charge in [-0.15, -0.1) is 11.8 Å². The first-order chi connectivity index (χ1) is 8.56. The van der Waals surface area contributed by atoms with Crippen LogP contribution in [0.2, 0.25) is 0 Å². The number of carboxylic acids is 1. The predicted molar refractivity (Wildman–Crippen MR) is 71.8 cm³/mol. The third-order valence-corrected chi connectivity index (χ3v) is 4.18. The molecular formula is C13H17NO3S. The molecule has 1 aromatic carbocycles. The normalized spacial score (nSPS) is 23.2. The molecule has 0 saturated carbocycles. The molecule has 0 bridgehead atoms. The number of benzene rings is 1. The number of ether oxygens (including phenoxy) is 1. The van der Waals surface area contributed by atoms with Crippen molar-refractivity contribution in [2.24, 2.45) is 0 Å². The summed E-state index contributed by atoms with van der Waals surface area (Å²) in [6.07, 6.45) is 0.779. The highest BCUT2D eigenvalue weighted by Crippen LogP contribution is 2.30. The number of aliphatic carboxylic acids is 1. The highest BCUT2D eigenvalue weighted by Gasteiger charge is 2.30. The van der Waals surface area contributed by atoms with E-state index in [1.165, 1.54) is 5.56 Å². The van der Waals surface area contributed by atoms with Crippen LogP contribution in [0.5, 0.6) is 0 Å². The third-order valence-electron chi connectivity index (χ3n) is 2.98. The van der Waals surface area contributed by atoms with Crippen LogP contribution in [0.3, 0.4) is 0 Å². The number of rotatable bonds is 4. The summed E-state index contributed by atoms with van der Waals surface area (Å²) in [7, 11) is 0. The highest BCUT2D eigenvalue weighted by atomic mass is 32.2. The van der Waals surface area contributed by atoms with Gasteiger partial charge in [0.25, 0.3) is 0 Å². The maximum atomic E-state index is 10.8. The Balaban J connectivity index is 1.89. The van der Waals surface area contributed by atoms with Gasteiger partial charge in [0.15, 0.2) is 6.10 Å². The van der Waals surface area contributed by atoms with E-state index in [1.807, 2.05) is 25.1 Å². The van der Waals surface area contributed by atoms with Crippen molar-refractivity contribution in [1.82, 2.24) is 0 Å². The van der Waals surface area contributed by atoms with E-state index in [-0.39, 0.29) is 6.10 Å². The smallest absolute Gasteiger partial charge is 0.332 e. The highest BCUT2D eigenvalue weighted by molar-refractivity contribution is 7.99. The molecule has 0 aliphatic carbocycles. The van der Waals surface area contributed by atoms with E-state index >= 15 is 0 Å². The molecule has 5 heteroatoms. The van der Waals surface area contributed by atoms with Gasteiger partial charge in [0, 0.05) is 16.3 Å². The van der Waals surface area contributed by atoms with Gasteiger partial charge in [-0.1, -0.05) is 6.07 Å². The van der Waals surface area contributed by atoms with E-state index in [1.54, 1.807) is 11.8 Å². The van der Waals surface area contributed by atoms with E-state index in [2.05, 4.69) is 0 Å². The van der Waals surface area contributed by atoms with Gasteiger partial charge < -0.3 is 15.6 Å². The van der Waals surface area contributed by atoms with E-state index in [9.17, 15) is 4.79 Å². The van der Waals surface area contributed by atoms with Crippen molar-refractivity contribution in [3.8, 4) is 0 Å². The van der Waals surface area contributed by atoms with Gasteiger partial charge >= 0.3 is 5.97 Å². The van der Waals surface area contributed by atoms with E-state index in [0.717, 1.165) is 22.8 Å². The summed E-state index contributed by atoms with van der Waals surface area (Å²) in [5.74, 6) is -0.116. The number of nitrogens with two attached hydrogens (primary N) is 1. The number of aryl methyl sites for hydroxylation is 1. The lowest BCUT2D eigenvalue weighted by molar-refractivity contribution is -0.148. The van der Waals surface area contributed by atoms with Gasteiger partial charge in [-0.2, -0.15) is 0 Å². The molecule has 0 aromatic heterocycles. The number of hydrogen-bond acceptors (Lipinski definition) is 4. The lowest BCUT2D eigenvalue weighted by Gasteiger charge is -2.12. The van der Waals surface area contributed by atoms with Crippen LogP contribution < -0.4 is 5.73 Å². The summed E-state index contributed by atoms with van der Waals surface area (Å²) in [6, 6.07) is 5.92. The average molecular weight is 267 g/mol. The zero-order valence-corrected chi connectivity index (χ0v) is 11.1. The monoisotopic (exact) mass is 267 g/mol. The Labute approximate surface area is 111 Å². The molecule has 2 atom stereocenters. The fourth-order valence-electron chi connectivity index (χ4n) is 1.96. The standard InChI is InChI=1S/C13H17NO3S/c1-8-2-4-10(14)12(6-8)18-7-9-3-5-11(17-9)13(15)16/h2,4,6,9,11H,3,5,7,14H2,1H3,(H,15,16). The van der Waals surface area contributed by atoms with Crippen LogP contribution >= 0.6 is 11.8 Å². The Morgan fingerprint density at radius 3 is 3.00 bits per heavy atom. The van der Waals surface area contributed by atoms with E-state index in [0.29, 0.717) is 6.42 Å². The number of thioether (sulfide) groups is 1. The molecule has 1 saturated heterocycles. The summed E-state index contributed by atoms with van der Waals surface area (Å²) < 4.78 is 5.45. The van der Waals surface area contributed by atoms with Crippen LogP contribution in [0, 0.1) is 6.92 Å². The van der Waals surface area contributed by atoms with Crippen molar-refractivity contribution >= 4 is 23.4 Å². The first-order valence-corrected chi connectivity index (χ1v) is 6.92. The molecule has 0 amide bonds. The lowest BCUT2D eigenvalue weighted by atomic mass is 10.2. The molecule has 18 heavy (non-hydrogen) atoms. The second-order valence-electron chi connectivity index (χ2n) is 4.51.